The Morgan fingerprint density at radius 3 is 1.82 bits per heavy atom. The van der Waals surface area contributed by atoms with Gasteiger partial charge in [-0.1, -0.05) is 95.7 Å². The predicted octanol–water partition coefficient (Wildman–Crippen LogP) is 8.46. The van der Waals surface area contributed by atoms with Crippen LogP contribution in [0.15, 0.2) is 67.4 Å². The Bertz CT molecular complexity index is 877. The molecule has 0 bridgehead atoms. The number of hydrogen-bond acceptors (Lipinski definition) is 1. The number of nitrogens with one attached hydrogen (secondary N) is 1. The molecule has 1 N–H and O–H groups in total. The Hall–Kier alpha value is -2.28. The van der Waals surface area contributed by atoms with Gasteiger partial charge in [0.05, 0.1) is 0 Å². The molecule has 1 aliphatic carbocycles. The van der Waals surface area contributed by atoms with Crippen molar-refractivity contribution in [2.45, 2.75) is 97.3 Å². The Morgan fingerprint density at radius 2 is 1.33 bits per heavy atom. The summed E-state index contributed by atoms with van der Waals surface area (Å²) in [4.78, 5) is 0. The van der Waals surface area contributed by atoms with E-state index in [1.54, 1.807) is 17.2 Å². The largest absolute Gasteiger partial charge is 0.391 e. The molecule has 0 radical (unpaired) electrons. The van der Waals surface area contributed by atoms with Crippen molar-refractivity contribution in [2.75, 3.05) is 6.54 Å². The zero-order valence-corrected chi connectivity index (χ0v) is 22.1. The van der Waals surface area contributed by atoms with Crippen molar-refractivity contribution in [3.05, 3.63) is 95.2 Å². The van der Waals surface area contributed by atoms with E-state index in [1.165, 1.54) is 48.8 Å². The summed E-state index contributed by atoms with van der Waals surface area (Å²) in [6.07, 6.45) is 14.3. The first-order chi connectivity index (χ1) is 15.7. The molecule has 0 amide bonds. The van der Waals surface area contributed by atoms with Crippen LogP contribution < -0.4 is 5.32 Å². The van der Waals surface area contributed by atoms with E-state index in [0.29, 0.717) is 10.8 Å². The summed E-state index contributed by atoms with van der Waals surface area (Å²) in [5.41, 5.74) is 8.18. The van der Waals surface area contributed by atoms with E-state index in [1.807, 2.05) is 13.1 Å². The first-order valence-corrected chi connectivity index (χ1v) is 12.9. The van der Waals surface area contributed by atoms with Gasteiger partial charge in [-0.15, -0.1) is 6.58 Å². The first-order valence-electron chi connectivity index (χ1n) is 12.9. The van der Waals surface area contributed by atoms with E-state index in [0.717, 1.165) is 19.4 Å². The number of rotatable bonds is 5. The summed E-state index contributed by atoms with van der Waals surface area (Å²) < 4.78 is 0. The zero-order chi connectivity index (χ0) is 24.3. The van der Waals surface area contributed by atoms with Crippen molar-refractivity contribution in [3.8, 4) is 0 Å². The van der Waals surface area contributed by atoms with Gasteiger partial charge in [0.1, 0.15) is 0 Å². The van der Waals surface area contributed by atoms with Crippen LogP contribution in [0.1, 0.15) is 95.0 Å². The maximum atomic E-state index is 3.36. The van der Waals surface area contributed by atoms with Crippen LogP contribution >= 0.6 is 0 Å². The van der Waals surface area contributed by atoms with Crippen molar-refractivity contribution < 1.29 is 0 Å². The lowest BCUT2D eigenvalue weighted by atomic mass is 9.63. The average molecular weight is 446 g/mol. The van der Waals surface area contributed by atoms with Crippen molar-refractivity contribution in [1.82, 2.24) is 5.32 Å². The van der Waals surface area contributed by atoms with E-state index >= 15 is 0 Å². The van der Waals surface area contributed by atoms with E-state index in [9.17, 15) is 0 Å². The van der Waals surface area contributed by atoms with Gasteiger partial charge in [0.15, 0.2) is 0 Å². The third-order valence-corrected chi connectivity index (χ3v) is 6.87. The molecule has 2 aromatic carbocycles. The predicted molar refractivity (Wildman–Crippen MR) is 147 cm³/mol. The van der Waals surface area contributed by atoms with Crippen LogP contribution in [0.5, 0.6) is 0 Å². The molecule has 1 aliphatic heterocycles. The molecule has 0 saturated carbocycles. The highest BCUT2D eigenvalue weighted by atomic mass is 14.8. The van der Waals surface area contributed by atoms with Crippen LogP contribution in [-0.2, 0) is 30.1 Å². The Balaban J connectivity index is 0.000000410. The van der Waals surface area contributed by atoms with Crippen molar-refractivity contribution in [3.63, 3.8) is 0 Å². The van der Waals surface area contributed by atoms with E-state index in [2.05, 4.69) is 95.1 Å². The molecule has 0 atom stereocenters. The molecule has 0 aromatic heterocycles. The maximum Gasteiger partial charge on any atom is 0.0176 e. The average Bonchev–Trinajstić information content (AvgIpc) is 3.38. The molecular weight excluding hydrogens is 398 g/mol. The number of hydrogen-bond donors (Lipinski definition) is 1. The Morgan fingerprint density at radius 1 is 0.818 bits per heavy atom. The van der Waals surface area contributed by atoms with E-state index in [-0.39, 0.29) is 0 Å². The molecule has 0 fully saturated rings. The standard InChI is InChI=1S/C25H34.C4H7N.C3H6/c1-6-7-19-8-10-20(11-9-19)12-13-21-14-15-22-23(18-21)25(4,5)17-16-24(22,2)3;1-2-4-5-3-1;1-3-2/h8-11,14-15,18H,6-7,12-13,16-17H2,1-5H3;1,3,5H,2,4H2;3H,1H2,2H3. The fraction of sp³-hybridized carbons (Fsp3) is 0.500. The summed E-state index contributed by atoms with van der Waals surface area (Å²) in [7, 11) is 0. The first kappa shape index (κ1) is 27.0. The summed E-state index contributed by atoms with van der Waals surface area (Å²) in [5, 5.41) is 3.04. The van der Waals surface area contributed by atoms with Crippen LogP contribution in [0.2, 0.25) is 0 Å². The molecule has 180 valence electrons. The molecule has 33 heavy (non-hydrogen) atoms. The summed E-state index contributed by atoms with van der Waals surface area (Å²) in [6.45, 7) is 18.3. The smallest absolute Gasteiger partial charge is 0.0176 e. The second-order valence-corrected chi connectivity index (χ2v) is 10.8. The summed E-state index contributed by atoms with van der Waals surface area (Å²) >= 11 is 0. The number of fused-ring (bicyclic) bond motifs is 1. The maximum absolute atomic E-state index is 3.36. The molecular formula is C32H47N. The van der Waals surface area contributed by atoms with Crippen LogP contribution in [0.25, 0.3) is 0 Å². The SMILES string of the molecule is C1=CNCC1.C=CC.CCCc1ccc(CCc2ccc3c(c2)C(C)(C)CCC3(C)C)cc1. The summed E-state index contributed by atoms with van der Waals surface area (Å²) in [5.74, 6) is 0. The quantitative estimate of drug-likeness (QED) is 0.455. The molecule has 0 unspecified atom stereocenters. The highest BCUT2D eigenvalue weighted by Crippen LogP contribution is 2.45. The van der Waals surface area contributed by atoms with Gasteiger partial charge in [-0.2, -0.15) is 0 Å². The van der Waals surface area contributed by atoms with Gasteiger partial charge in [-0.05, 0) is 90.3 Å². The van der Waals surface area contributed by atoms with Crippen LogP contribution in [0.3, 0.4) is 0 Å². The molecule has 4 rings (SSSR count). The lowest BCUT2D eigenvalue weighted by Crippen LogP contribution is -2.33. The van der Waals surface area contributed by atoms with Gasteiger partial charge >= 0.3 is 0 Å². The van der Waals surface area contributed by atoms with Gasteiger partial charge in [-0.25, -0.2) is 0 Å². The fourth-order valence-corrected chi connectivity index (χ4v) is 4.66. The van der Waals surface area contributed by atoms with Gasteiger partial charge in [0, 0.05) is 6.54 Å². The van der Waals surface area contributed by atoms with E-state index < -0.39 is 0 Å². The van der Waals surface area contributed by atoms with Crippen molar-refractivity contribution >= 4 is 0 Å². The molecule has 2 aliphatic rings. The summed E-state index contributed by atoms with van der Waals surface area (Å²) in [6, 6.07) is 16.5. The highest BCUT2D eigenvalue weighted by Gasteiger charge is 2.36. The minimum Gasteiger partial charge on any atom is -0.391 e. The van der Waals surface area contributed by atoms with Crippen LogP contribution in [-0.4, -0.2) is 6.54 Å². The molecule has 1 heteroatoms. The van der Waals surface area contributed by atoms with Crippen molar-refractivity contribution in [1.29, 1.82) is 0 Å². The minimum atomic E-state index is 0.308. The number of allylic oxidation sites excluding steroid dienone is 1. The third kappa shape index (κ3) is 8.22. The molecule has 1 heterocycles. The lowest BCUT2D eigenvalue weighted by molar-refractivity contribution is 0.331. The number of benzene rings is 2. The third-order valence-electron chi connectivity index (χ3n) is 6.87. The van der Waals surface area contributed by atoms with Gasteiger partial charge in [0.25, 0.3) is 0 Å². The monoisotopic (exact) mass is 445 g/mol. The lowest BCUT2D eigenvalue weighted by Gasteiger charge is -2.42. The molecule has 1 nitrogen and oxygen atoms in total. The van der Waals surface area contributed by atoms with Crippen LogP contribution in [0.4, 0.5) is 0 Å². The normalized spacial score (nSPS) is 16.9. The highest BCUT2D eigenvalue weighted by molar-refractivity contribution is 5.43. The second kappa shape index (κ2) is 12.8. The number of aryl methyl sites for hydroxylation is 3. The Labute approximate surface area is 204 Å². The zero-order valence-electron chi connectivity index (χ0n) is 22.1. The molecule has 0 spiro atoms. The fourth-order valence-electron chi connectivity index (χ4n) is 4.66. The van der Waals surface area contributed by atoms with Crippen LogP contribution in [0, 0.1) is 0 Å². The Kier molecular flexibility index (Phi) is 10.5. The van der Waals surface area contributed by atoms with E-state index in [4.69, 9.17) is 0 Å². The van der Waals surface area contributed by atoms with Gasteiger partial charge in [-0.3, -0.25) is 0 Å². The second-order valence-electron chi connectivity index (χ2n) is 10.8. The minimum absolute atomic E-state index is 0.308. The van der Waals surface area contributed by atoms with Gasteiger partial charge in [0.2, 0.25) is 0 Å². The molecule has 2 aromatic rings. The topological polar surface area (TPSA) is 12.0 Å². The van der Waals surface area contributed by atoms with Crippen molar-refractivity contribution in [2.24, 2.45) is 0 Å². The van der Waals surface area contributed by atoms with Gasteiger partial charge < -0.3 is 5.32 Å². The molecule has 0 saturated heterocycles.